The van der Waals surface area contributed by atoms with Crippen molar-refractivity contribution in [1.29, 1.82) is 0 Å². The van der Waals surface area contributed by atoms with E-state index >= 15 is 0 Å². The summed E-state index contributed by atoms with van der Waals surface area (Å²) in [7, 11) is 4.79. The Balaban J connectivity index is 1.74. The molecule has 0 bridgehead atoms. The van der Waals surface area contributed by atoms with Crippen molar-refractivity contribution in [2.45, 2.75) is 18.0 Å². The van der Waals surface area contributed by atoms with Crippen LogP contribution in [0.1, 0.15) is 16.5 Å². The summed E-state index contributed by atoms with van der Waals surface area (Å²) in [6.07, 6.45) is 0. The normalized spacial score (nSPS) is 18.5. The molecule has 8 heteroatoms. The summed E-state index contributed by atoms with van der Waals surface area (Å²) in [5.41, 5.74) is 1.79. The topological polar surface area (TPSA) is 86.2 Å². The summed E-state index contributed by atoms with van der Waals surface area (Å²) in [6, 6.07) is 10.6. The third kappa shape index (κ3) is 4.45. The molecular formula is C20H23NO6S. The van der Waals surface area contributed by atoms with E-state index in [1.807, 2.05) is 36.4 Å². The van der Waals surface area contributed by atoms with Crippen LogP contribution in [0, 0.1) is 0 Å². The Kier molecular flexibility index (Phi) is 6.53. The van der Waals surface area contributed by atoms with Gasteiger partial charge in [-0.05, 0) is 35.9 Å². The number of methoxy groups -OCH3 is 3. The van der Waals surface area contributed by atoms with E-state index in [1.54, 1.807) is 33.1 Å². The van der Waals surface area contributed by atoms with Crippen molar-refractivity contribution in [3.8, 4) is 23.0 Å². The SMILES string of the molecule is COc1ccc(OC)c(COc2ccc([C@@H]3N[C@H](C(=O)O)CS3)cc2OC)c1. The molecule has 1 heterocycles. The van der Waals surface area contributed by atoms with E-state index < -0.39 is 12.0 Å². The van der Waals surface area contributed by atoms with Gasteiger partial charge in [-0.2, -0.15) is 0 Å². The van der Waals surface area contributed by atoms with Crippen molar-refractivity contribution in [3.63, 3.8) is 0 Å². The molecule has 3 rings (SSSR count). The van der Waals surface area contributed by atoms with Gasteiger partial charge in [0.15, 0.2) is 11.5 Å². The molecule has 2 atom stereocenters. The first-order chi connectivity index (χ1) is 13.5. The molecule has 1 saturated heterocycles. The molecule has 2 aromatic rings. The Hall–Kier alpha value is -2.58. The first-order valence-electron chi connectivity index (χ1n) is 8.67. The Labute approximate surface area is 167 Å². The lowest BCUT2D eigenvalue weighted by Crippen LogP contribution is -2.33. The van der Waals surface area contributed by atoms with E-state index in [4.69, 9.17) is 24.1 Å². The number of nitrogens with one attached hydrogen (secondary N) is 1. The summed E-state index contributed by atoms with van der Waals surface area (Å²) >= 11 is 1.56. The highest BCUT2D eigenvalue weighted by Gasteiger charge is 2.30. The van der Waals surface area contributed by atoms with Crippen molar-refractivity contribution >= 4 is 17.7 Å². The van der Waals surface area contributed by atoms with Crippen LogP contribution in [0.3, 0.4) is 0 Å². The number of carboxylic acids is 1. The number of hydrogen-bond donors (Lipinski definition) is 2. The number of aliphatic carboxylic acids is 1. The molecule has 0 amide bonds. The number of carbonyl (C=O) groups is 1. The predicted octanol–water partition coefficient (Wildman–Crippen LogP) is 3.08. The largest absolute Gasteiger partial charge is 0.497 e. The molecule has 0 saturated carbocycles. The van der Waals surface area contributed by atoms with Crippen LogP contribution in [-0.2, 0) is 11.4 Å². The standard InChI is InChI=1S/C20H23NO6S/c1-24-14-5-7-16(25-2)13(8-14)10-27-17-6-4-12(9-18(17)26-3)19-21-15(11-28-19)20(22)23/h4-9,15,19,21H,10-11H2,1-3H3,(H,22,23)/t15-,19+/m0/s1. The van der Waals surface area contributed by atoms with Crippen molar-refractivity contribution in [2.75, 3.05) is 27.1 Å². The zero-order valence-electron chi connectivity index (χ0n) is 15.9. The highest BCUT2D eigenvalue weighted by molar-refractivity contribution is 7.99. The molecule has 7 nitrogen and oxygen atoms in total. The van der Waals surface area contributed by atoms with Gasteiger partial charge in [0.25, 0.3) is 0 Å². The van der Waals surface area contributed by atoms with E-state index in [0.717, 1.165) is 16.9 Å². The summed E-state index contributed by atoms with van der Waals surface area (Å²) in [5.74, 6) is 2.29. The molecule has 1 aliphatic rings. The number of thioether (sulfide) groups is 1. The lowest BCUT2D eigenvalue weighted by Gasteiger charge is -2.16. The van der Waals surface area contributed by atoms with Crippen LogP contribution in [0.4, 0.5) is 0 Å². The minimum absolute atomic E-state index is 0.0949. The van der Waals surface area contributed by atoms with Crippen molar-refractivity contribution < 1.29 is 28.8 Å². The molecule has 0 unspecified atom stereocenters. The summed E-state index contributed by atoms with van der Waals surface area (Å²) in [4.78, 5) is 11.1. The van der Waals surface area contributed by atoms with Gasteiger partial charge in [-0.3, -0.25) is 10.1 Å². The van der Waals surface area contributed by atoms with Gasteiger partial charge >= 0.3 is 5.97 Å². The van der Waals surface area contributed by atoms with Crippen LogP contribution in [0.15, 0.2) is 36.4 Å². The minimum Gasteiger partial charge on any atom is -0.497 e. The monoisotopic (exact) mass is 405 g/mol. The molecule has 28 heavy (non-hydrogen) atoms. The predicted molar refractivity (Wildman–Crippen MR) is 107 cm³/mol. The highest BCUT2D eigenvalue weighted by atomic mass is 32.2. The molecule has 0 aromatic heterocycles. The number of carboxylic acid groups (broad SMARTS) is 1. The molecular weight excluding hydrogens is 382 g/mol. The van der Waals surface area contributed by atoms with Gasteiger partial charge in [0, 0.05) is 11.3 Å². The van der Waals surface area contributed by atoms with E-state index in [2.05, 4.69) is 5.32 Å². The van der Waals surface area contributed by atoms with Crippen LogP contribution in [-0.4, -0.2) is 44.2 Å². The van der Waals surface area contributed by atoms with E-state index in [9.17, 15) is 4.79 Å². The van der Waals surface area contributed by atoms with Crippen molar-refractivity contribution in [3.05, 3.63) is 47.5 Å². The maximum Gasteiger partial charge on any atom is 0.321 e. The Bertz CT molecular complexity index is 843. The van der Waals surface area contributed by atoms with Crippen LogP contribution in [0.25, 0.3) is 0 Å². The van der Waals surface area contributed by atoms with Crippen LogP contribution in [0.2, 0.25) is 0 Å². The molecule has 1 fully saturated rings. The van der Waals surface area contributed by atoms with Gasteiger partial charge in [0.1, 0.15) is 24.1 Å². The minimum atomic E-state index is -0.839. The second kappa shape index (κ2) is 9.07. The summed E-state index contributed by atoms with van der Waals surface area (Å²) < 4.78 is 22.1. The highest BCUT2D eigenvalue weighted by Crippen LogP contribution is 2.38. The molecule has 0 radical (unpaired) electrons. The Morgan fingerprint density at radius 1 is 1.07 bits per heavy atom. The number of benzene rings is 2. The molecule has 0 aliphatic carbocycles. The lowest BCUT2D eigenvalue weighted by molar-refractivity contribution is -0.138. The van der Waals surface area contributed by atoms with Gasteiger partial charge in [0.05, 0.1) is 26.7 Å². The molecule has 2 N–H and O–H groups in total. The van der Waals surface area contributed by atoms with E-state index in [0.29, 0.717) is 23.0 Å². The third-order valence-corrected chi connectivity index (χ3v) is 5.71. The zero-order valence-corrected chi connectivity index (χ0v) is 16.7. The fraction of sp³-hybridized carbons (Fsp3) is 0.350. The van der Waals surface area contributed by atoms with Gasteiger partial charge in [0.2, 0.25) is 0 Å². The molecule has 1 aliphatic heterocycles. The fourth-order valence-electron chi connectivity index (χ4n) is 2.92. The first-order valence-corrected chi connectivity index (χ1v) is 9.72. The summed E-state index contributed by atoms with van der Waals surface area (Å²) in [6.45, 7) is 0.285. The average Bonchev–Trinajstić information content (AvgIpc) is 3.22. The maximum atomic E-state index is 11.1. The Morgan fingerprint density at radius 2 is 1.82 bits per heavy atom. The molecule has 0 spiro atoms. The average molecular weight is 405 g/mol. The van der Waals surface area contributed by atoms with Gasteiger partial charge in [-0.1, -0.05) is 6.07 Å². The van der Waals surface area contributed by atoms with E-state index in [1.165, 1.54) is 0 Å². The zero-order chi connectivity index (χ0) is 20.1. The number of ether oxygens (including phenoxy) is 4. The number of hydrogen-bond acceptors (Lipinski definition) is 7. The van der Waals surface area contributed by atoms with Crippen molar-refractivity contribution in [1.82, 2.24) is 5.32 Å². The molecule has 2 aromatic carbocycles. The van der Waals surface area contributed by atoms with Crippen LogP contribution < -0.4 is 24.3 Å². The van der Waals surface area contributed by atoms with E-state index in [-0.39, 0.29) is 12.0 Å². The quantitative estimate of drug-likeness (QED) is 0.693. The first kappa shape index (κ1) is 20.2. The second-order valence-corrected chi connectivity index (χ2v) is 7.29. The Morgan fingerprint density at radius 3 is 2.46 bits per heavy atom. The van der Waals surface area contributed by atoms with Gasteiger partial charge in [-0.15, -0.1) is 11.8 Å². The molecule has 150 valence electrons. The van der Waals surface area contributed by atoms with Crippen molar-refractivity contribution in [2.24, 2.45) is 0 Å². The lowest BCUT2D eigenvalue weighted by atomic mass is 10.1. The number of rotatable bonds is 8. The fourth-order valence-corrected chi connectivity index (χ4v) is 4.15. The smallest absolute Gasteiger partial charge is 0.321 e. The summed E-state index contributed by atoms with van der Waals surface area (Å²) in [5, 5.41) is 12.1. The second-order valence-electron chi connectivity index (χ2n) is 6.15. The van der Waals surface area contributed by atoms with Gasteiger partial charge in [-0.25, -0.2) is 0 Å². The van der Waals surface area contributed by atoms with Crippen LogP contribution in [0.5, 0.6) is 23.0 Å². The third-order valence-electron chi connectivity index (χ3n) is 4.44. The maximum absolute atomic E-state index is 11.1. The van der Waals surface area contributed by atoms with Crippen LogP contribution >= 0.6 is 11.8 Å². The van der Waals surface area contributed by atoms with Gasteiger partial charge < -0.3 is 24.1 Å².